The molecule has 4 nitrogen and oxygen atoms in total. The molecule has 2 amide bonds. The Morgan fingerprint density at radius 2 is 1.48 bits per heavy atom. The molecule has 2 aliphatic heterocycles. The Morgan fingerprint density at radius 3 is 2.19 bits per heavy atom. The van der Waals surface area contributed by atoms with Crippen LogP contribution in [0.4, 0.5) is 0 Å². The maximum Gasteiger partial charge on any atom is 0.278 e. The van der Waals surface area contributed by atoms with Crippen molar-refractivity contribution in [1.82, 2.24) is 9.80 Å². The zero-order valence-corrected chi connectivity index (χ0v) is 18.4. The van der Waals surface area contributed by atoms with Gasteiger partial charge in [0.05, 0.1) is 5.57 Å². The maximum absolute atomic E-state index is 13.8. The molecule has 0 aromatic heterocycles. The molecule has 5 heteroatoms. The average Bonchev–Trinajstić information content (AvgIpc) is 2.94. The van der Waals surface area contributed by atoms with Crippen molar-refractivity contribution in [3.8, 4) is 0 Å². The van der Waals surface area contributed by atoms with Crippen molar-refractivity contribution >= 4 is 29.0 Å². The minimum atomic E-state index is -0.145. The van der Waals surface area contributed by atoms with Crippen LogP contribution in [0.2, 0.25) is 5.02 Å². The Bertz CT molecular complexity index is 1040. The molecule has 2 aromatic carbocycles. The summed E-state index contributed by atoms with van der Waals surface area (Å²) in [6.07, 6.45) is 7.19. The lowest BCUT2D eigenvalue weighted by Crippen LogP contribution is -2.43. The normalized spacial score (nSPS) is 20.3. The lowest BCUT2D eigenvalue weighted by molar-refractivity contribution is -0.140. The third-order valence-electron chi connectivity index (χ3n) is 6.86. The number of carbonyl (C=O) groups excluding carboxylic acids is 2. The summed E-state index contributed by atoms with van der Waals surface area (Å²) in [4.78, 5) is 31.2. The fraction of sp³-hybridized carbons (Fsp3) is 0.385. The molecule has 0 unspecified atom stereocenters. The van der Waals surface area contributed by atoms with Gasteiger partial charge in [-0.25, -0.2) is 0 Å². The van der Waals surface area contributed by atoms with Crippen molar-refractivity contribution in [3.05, 3.63) is 75.9 Å². The quantitative estimate of drug-likeness (QED) is 0.492. The number of carbonyl (C=O) groups is 2. The molecule has 3 aliphatic rings. The van der Waals surface area contributed by atoms with E-state index in [9.17, 15) is 9.59 Å². The van der Waals surface area contributed by atoms with Crippen LogP contribution < -0.4 is 0 Å². The first kappa shape index (κ1) is 20.3. The number of benzene rings is 2. The van der Waals surface area contributed by atoms with Gasteiger partial charge in [0, 0.05) is 24.2 Å². The number of halogens is 1. The molecule has 1 saturated carbocycles. The molecule has 0 spiro atoms. The van der Waals surface area contributed by atoms with Gasteiger partial charge in [-0.3, -0.25) is 14.5 Å². The maximum atomic E-state index is 13.8. The van der Waals surface area contributed by atoms with Crippen molar-refractivity contribution in [2.75, 3.05) is 6.54 Å². The summed E-state index contributed by atoms with van der Waals surface area (Å²) < 4.78 is 0. The van der Waals surface area contributed by atoms with Crippen LogP contribution in [-0.2, 0) is 22.6 Å². The van der Waals surface area contributed by atoms with Crippen LogP contribution >= 0.6 is 11.6 Å². The monoisotopic (exact) mass is 434 g/mol. The van der Waals surface area contributed by atoms with E-state index in [-0.39, 0.29) is 17.9 Å². The summed E-state index contributed by atoms with van der Waals surface area (Å²) in [5.41, 5.74) is 4.42. The topological polar surface area (TPSA) is 40.6 Å². The van der Waals surface area contributed by atoms with E-state index in [0.717, 1.165) is 44.2 Å². The van der Waals surface area contributed by atoms with E-state index in [4.69, 9.17) is 11.6 Å². The molecule has 1 aliphatic carbocycles. The van der Waals surface area contributed by atoms with Crippen LogP contribution in [0.15, 0.2) is 54.2 Å². The highest BCUT2D eigenvalue weighted by Gasteiger charge is 2.45. The van der Waals surface area contributed by atoms with Gasteiger partial charge in [0.15, 0.2) is 0 Å². The van der Waals surface area contributed by atoms with E-state index < -0.39 is 0 Å². The molecular weight excluding hydrogens is 408 g/mol. The number of rotatable bonds is 3. The van der Waals surface area contributed by atoms with Crippen molar-refractivity contribution in [1.29, 1.82) is 0 Å². The van der Waals surface area contributed by atoms with E-state index in [2.05, 4.69) is 23.1 Å². The summed E-state index contributed by atoms with van der Waals surface area (Å²) >= 11 is 6.10. The van der Waals surface area contributed by atoms with Crippen molar-refractivity contribution in [3.63, 3.8) is 0 Å². The second-order valence-corrected chi connectivity index (χ2v) is 9.23. The van der Waals surface area contributed by atoms with Gasteiger partial charge in [0.25, 0.3) is 11.8 Å². The van der Waals surface area contributed by atoms with Gasteiger partial charge >= 0.3 is 0 Å². The fourth-order valence-corrected chi connectivity index (χ4v) is 5.37. The van der Waals surface area contributed by atoms with E-state index in [1.807, 2.05) is 18.2 Å². The molecule has 5 rings (SSSR count). The fourth-order valence-electron chi connectivity index (χ4n) is 5.24. The van der Waals surface area contributed by atoms with E-state index in [0.29, 0.717) is 22.8 Å². The first-order chi connectivity index (χ1) is 15.1. The Labute approximate surface area is 188 Å². The van der Waals surface area contributed by atoms with Crippen molar-refractivity contribution in [2.45, 2.75) is 57.5 Å². The summed E-state index contributed by atoms with van der Waals surface area (Å²) in [5, 5.41) is 0.621. The zero-order chi connectivity index (χ0) is 21.4. The first-order valence-electron chi connectivity index (χ1n) is 11.3. The molecule has 2 aromatic rings. The van der Waals surface area contributed by atoms with Crippen molar-refractivity contribution < 1.29 is 9.59 Å². The summed E-state index contributed by atoms with van der Waals surface area (Å²) in [6.45, 7) is 1.39. The Hall–Kier alpha value is -2.59. The van der Waals surface area contributed by atoms with E-state index in [1.54, 1.807) is 17.0 Å². The molecule has 0 atom stereocenters. The van der Waals surface area contributed by atoms with Gasteiger partial charge in [-0.2, -0.15) is 0 Å². The highest BCUT2D eigenvalue weighted by atomic mass is 35.5. The number of imide groups is 1. The lowest BCUT2D eigenvalue weighted by Gasteiger charge is -2.32. The molecule has 31 heavy (non-hydrogen) atoms. The van der Waals surface area contributed by atoms with Crippen molar-refractivity contribution in [2.24, 2.45) is 0 Å². The number of nitrogens with zero attached hydrogens (tertiary/aromatic N) is 2. The lowest BCUT2D eigenvalue weighted by atomic mass is 9.98. The second kappa shape index (κ2) is 8.51. The van der Waals surface area contributed by atoms with Crippen LogP contribution in [0, 0.1) is 0 Å². The molecular formula is C26H27ClN2O2. The molecule has 2 heterocycles. The Morgan fingerprint density at radius 1 is 0.806 bits per heavy atom. The summed E-state index contributed by atoms with van der Waals surface area (Å²) in [6, 6.07) is 15.7. The van der Waals surface area contributed by atoms with Crippen LogP contribution in [-0.4, -0.2) is 34.2 Å². The minimum Gasteiger partial charge on any atom is -0.362 e. The number of amides is 2. The van der Waals surface area contributed by atoms with Gasteiger partial charge in [0.2, 0.25) is 0 Å². The Balaban J connectivity index is 1.56. The van der Waals surface area contributed by atoms with Gasteiger partial charge in [-0.05, 0) is 48.1 Å². The summed E-state index contributed by atoms with van der Waals surface area (Å²) in [5.74, 6) is -0.269. The standard InChI is InChI=1S/C26H27ClN2O2/c27-21-13-11-19(12-14-21)23-24(28-16-15-18-7-5-6-8-20(18)17-28)26(31)29(25(23)30)22-9-3-1-2-4-10-22/h5-8,11-14,22H,1-4,9-10,15-17H2. The molecule has 0 saturated heterocycles. The van der Waals surface area contributed by atoms with E-state index >= 15 is 0 Å². The SMILES string of the molecule is O=C1C(c2ccc(Cl)cc2)=C(N2CCc3ccccc3C2)C(=O)N1C1CCCCCC1. The molecule has 0 bridgehead atoms. The smallest absolute Gasteiger partial charge is 0.278 e. The largest absolute Gasteiger partial charge is 0.362 e. The predicted octanol–water partition coefficient (Wildman–Crippen LogP) is 5.20. The number of hydrogen-bond acceptors (Lipinski definition) is 3. The van der Waals surface area contributed by atoms with Crippen LogP contribution in [0.3, 0.4) is 0 Å². The number of fused-ring (bicyclic) bond motifs is 1. The molecule has 0 N–H and O–H groups in total. The minimum absolute atomic E-state index is 0.000577. The van der Waals surface area contributed by atoms with Crippen LogP contribution in [0.5, 0.6) is 0 Å². The van der Waals surface area contributed by atoms with Gasteiger partial charge < -0.3 is 4.90 Å². The highest BCUT2D eigenvalue weighted by Crippen LogP contribution is 2.37. The Kier molecular flexibility index (Phi) is 5.58. The van der Waals surface area contributed by atoms with Gasteiger partial charge in [-0.15, -0.1) is 0 Å². The highest BCUT2D eigenvalue weighted by molar-refractivity contribution is 6.36. The third kappa shape index (κ3) is 3.78. The third-order valence-corrected chi connectivity index (χ3v) is 7.11. The van der Waals surface area contributed by atoms with Gasteiger partial charge in [-0.1, -0.05) is 73.7 Å². The van der Waals surface area contributed by atoms with E-state index in [1.165, 1.54) is 24.0 Å². The summed E-state index contributed by atoms with van der Waals surface area (Å²) in [7, 11) is 0. The van der Waals surface area contributed by atoms with Crippen LogP contribution in [0.25, 0.3) is 5.57 Å². The van der Waals surface area contributed by atoms with Gasteiger partial charge in [0.1, 0.15) is 5.70 Å². The van der Waals surface area contributed by atoms with Crippen LogP contribution in [0.1, 0.15) is 55.2 Å². The molecule has 160 valence electrons. The molecule has 0 radical (unpaired) electrons. The second-order valence-electron chi connectivity index (χ2n) is 8.80. The zero-order valence-electron chi connectivity index (χ0n) is 17.6. The predicted molar refractivity (Wildman–Crippen MR) is 122 cm³/mol. The molecule has 1 fully saturated rings. The average molecular weight is 435 g/mol. The number of hydrogen-bond donors (Lipinski definition) is 0. The first-order valence-corrected chi connectivity index (χ1v) is 11.7.